The van der Waals surface area contributed by atoms with Crippen molar-refractivity contribution >= 4 is 11.9 Å². The lowest BCUT2D eigenvalue weighted by atomic mass is 10.2. The summed E-state index contributed by atoms with van der Waals surface area (Å²) in [5.41, 5.74) is 0. The van der Waals surface area contributed by atoms with Crippen molar-refractivity contribution in [3.05, 3.63) is 0 Å². The highest BCUT2D eigenvalue weighted by Crippen LogP contribution is 2.06. The Morgan fingerprint density at radius 3 is 2.67 bits per heavy atom. The number of rotatable bonds is 1. The normalized spacial score (nSPS) is 21.9. The number of hydrogen-bond donors (Lipinski definition) is 1. The second-order valence-corrected chi connectivity index (χ2v) is 2.63. The molecule has 1 aliphatic heterocycles. The highest BCUT2D eigenvalue weighted by atomic mass is 17.2. The van der Waals surface area contributed by atoms with Gasteiger partial charge in [0.05, 0.1) is 0 Å². The van der Waals surface area contributed by atoms with E-state index >= 15 is 0 Å². The average Bonchev–Trinajstić information content (AvgIpc) is 2.51. The summed E-state index contributed by atoms with van der Waals surface area (Å²) in [5.74, 6) is -1.15. The Kier molecular flexibility index (Phi) is 3.04. The first-order chi connectivity index (χ1) is 5.70. The number of hydrogen-bond acceptors (Lipinski definition) is 5. The van der Waals surface area contributed by atoms with Crippen LogP contribution in [-0.4, -0.2) is 24.5 Å². The average molecular weight is 173 g/mol. The first-order valence-electron chi connectivity index (χ1n) is 3.82. The molecule has 1 heterocycles. The van der Waals surface area contributed by atoms with E-state index in [2.05, 4.69) is 15.1 Å². The van der Waals surface area contributed by atoms with Crippen LogP contribution in [0.2, 0.25) is 0 Å². The fourth-order valence-corrected chi connectivity index (χ4v) is 1.04. The molecular formula is C7H11NO4. The summed E-state index contributed by atoms with van der Waals surface area (Å²) in [6.45, 7) is 1.98. The highest BCUT2D eigenvalue weighted by molar-refractivity contribution is 5.76. The molecule has 5 heteroatoms. The molecule has 1 fully saturated rings. The minimum Gasteiger partial charge on any atom is -0.304 e. The van der Waals surface area contributed by atoms with Crippen molar-refractivity contribution in [2.75, 3.05) is 6.54 Å². The van der Waals surface area contributed by atoms with E-state index in [9.17, 15) is 9.59 Å². The van der Waals surface area contributed by atoms with Crippen LogP contribution in [0.15, 0.2) is 0 Å². The fraction of sp³-hybridized carbons (Fsp3) is 0.714. The van der Waals surface area contributed by atoms with E-state index in [1.165, 1.54) is 6.92 Å². The minimum atomic E-state index is -0.624. The maximum Gasteiger partial charge on any atom is 0.372 e. The number of carbonyl (C=O) groups is 2. The van der Waals surface area contributed by atoms with E-state index in [-0.39, 0.29) is 6.04 Å². The molecule has 1 N–H and O–H groups in total. The van der Waals surface area contributed by atoms with Gasteiger partial charge in [-0.05, 0) is 19.4 Å². The van der Waals surface area contributed by atoms with E-state index in [0.717, 1.165) is 19.4 Å². The molecule has 1 unspecified atom stereocenters. The van der Waals surface area contributed by atoms with Gasteiger partial charge in [-0.2, -0.15) is 0 Å². The van der Waals surface area contributed by atoms with E-state index in [1.54, 1.807) is 0 Å². The van der Waals surface area contributed by atoms with Crippen LogP contribution < -0.4 is 5.32 Å². The molecule has 0 bridgehead atoms. The smallest absolute Gasteiger partial charge is 0.304 e. The van der Waals surface area contributed by atoms with E-state index in [4.69, 9.17) is 0 Å². The maximum atomic E-state index is 11.0. The number of nitrogens with one attached hydrogen (secondary N) is 1. The van der Waals surface area contributed by atoms with Gasteiger partial charge >= 0.3 is 11.9 Å². The molecule has 0 spiro atoms. The van der Waals surface area contributed by atoms with Crippen molar-refractivity contribution in [3.63, 3.8) is 0 Å². The molecule has 12 heavy (non-hydrogen) atoms. The Morgan fingerprint density at radius 2 is 2.17 bits per heavy atom. The third kappa shape index (κ3) is 2.50. The zero-order valence-corrected chi connectivity index (χ0v) is 6.83. The Morgan fingerprint density at radius 1 is 1.42 bits per heavy atom. The first kappa shape index (κ1) is 8.99. The van der Waals surface area contributed by atoms with Crippen molar-refractivity contribution in [2.45, 2.75) is 25.8 Å². The van der Waals surface area contributed by atoms with Crippen LogP contribution in [0.25, 0.3) is 0 Å². The molecule has 0 aromatic rings. The van der Waals surface area contributed by atoms with Gasteiger partial charge in [0, 0.05) is 6.92 Å². The molecule has 5 nitrogen and oxygen atoms in total. The lowest BCUT2D eigenvalue weighted by molar-refractivity contribution is -0.258. The van der Waals surface area contributed by atoms with Crippen LogP contribution in [0.4, 0.5) is 0 Å². The van der Waals surface area contributed by atoms with Crippen molar-refractivity contribution in [1.82, 2.24) is 5.32 Å². The van der Waals surface area contributed by atoms with Crippen LogP contribution in [0.1, 0.15) is 19.8 Å². The summed E-state index contributed by atoms with van der Waals surface area (Å²) in [7, 11) is 0. The van der Waals surface area contributed by atoms with Crippen molar-refractivity contribution in [1.29, 1.82) is 0 Å². The van der Waals surface area contributed by atoms with Gasteiger partial charge in [-0.15, -0.1) is 0 Å². The van der Waals surface area contributed by atoms with Gasteiger partial charge in [0.15, 0.2) is 0 Å². The minimum absolute atomic E-state index is 0.315. The molecule has 0 radical (unpaired) electrons. The number of carbonyl (C=O) groups excluding carboxylic acids is 2. The maximum absolute atomic E-state index is 11.0. The Hall–Kier alpha value is -1.10. The standard InChI is InChI=1S/C7H11NO4/c1-5(9)11-12-7(10)6-3-2-4-8-6/h6,8H,2-4H2,1H3. The zero-order chi connectivity index (χ0) is 8.97. The Balaban J connectivity index is 2.23. The van der Waals surface area contributed by atoms with Gasteiger partial charge in [0.1, 0.15) is 6.04 Å². The predicted molar refractivity (Wildman–Crippen MR) is 38.9 cm³/mol. The summed E-state index contributed by atoms with van der Waals surface area (Å²) in [6.07, 6.45) is 1.68. The van der Waals surface area contributed by atoms with Crippen LogP contribution >= 0.6 is 0 Å². The molecule has 0 saturated carbocycles. The zero-order valence-electron chi connectivity index (χ0n) is 6.83. The third-order valence-electron chi connectivity index (χ3n) is 1.59. The van der Waals surface area contributed by atoms with Gasteiger partial charge in [-0.1, -0.05) is 0 Å². The summed E-state index contributed by atoms with van der Waals surface area (Å²) in [6, 6.07) is -0.315. The summed E-state index contributed by atoms with van der Waals surface area (Å²) in [5, 5.41) is 2.91. The molecule has 1 saturated heterocycles. The summed E-state index contributed by atoms with van der Waals surface area (Å²) >= 11 is 0. The SMILES string of the molecule is CC(=O)OOC(=O)C1CCCN1. The van der Waals surface area contributed by atoms with Crippen LogP contribution in [0, 0.1) is 0 Å². The molecule has 1 rings (SSSR count). The highest BCUT2D eigenvalue weighted by Gasteiger charge is 2.24. The van der Waals surface area contributed by atoms with E-state index < -0.39 is 11.9 Å². The molecule has 0 aromatic carbocycles. The summed E-state index contributed by atoms with van der Waals surface area (Å²) < 4.78 is 0. The Labute approximate surface area is 70.0 Å². The topological polar surface area (TPSA) is 64.6 Å². The monoisotopic (exact) mass is 173 g/mol. The van der Waals surface area contributed by atoms with Crippen molar-refractivity contribution in [3.8, 4) is 0 Å². The fourth-order valence-electron chi connectivity index (χ4n) is 1.04. The van der Waals surface area contributed by atoms with Crippen LogP contribution in [0.3, 0.4) is 0 Å². The second-order valence-electron chi connectivity index (χ2n) is 2.63. The lowest BCUT2D eigenvalue weighted by Gasteiger charge is -2.06. The Bertz CT molecular complexity index is 186. The van der Waals surface area contributed by atoms with Gasteiger partial charge in [-0.25, -0.2) is 19.4 Å². The molecular weight excluding hydrogens is 162 g/mol. The van der Waals surface area contributed by atoms with Crippen LogP contribution in [-0.2, 0) is 19.4 Å². The van der Waals surface area contributed by atoms with E-state index in [0.29, 0.717) is 0 Å². The largest absolute Gasteiger partial charge is 0.372 e. The van der Waals surface area contributed by atoms with Gasteiger partial charge < -0.3 is 5.32 Å². The lowest BCUT2D eigenvalue weighted by Crippen LogP contribution is -2.32. The second kappa shape index (κ2) is 4.06. The first-order valence-corrected chi connectivity index (χ1v) is 3.82. The molecule has 1 aliphatic rings. The van der Waals surface area contributed by atoms with E-state index in [1.807, 2.05) is 0 Å². The molecule has 68 valence electrons. The van der Waals surface area contributed by atoms with Crippen molar-refractivity contribution < 1.29 is 19.4 Å². The van der Waals surface area contributed by atoms with Gasteiger partial charge in [0.25, 0.3) is 0 Å². The van der Waals surface area contributed by atoms with Crippen LogP contribution in [0.5, 0.6) is 0 Å². The molecule has 0 aliphatic carbocycles. The molecule has 1 atom stereocenters. The quantitative estimate of drug-likeness (QED) is 0.438. The van der Waals surface area contributed by atoms with Crippen molar-refractivity contribution in [2.24, 2.45) is 0 Å². The predicted octanol–water partition coefficient (Wildman–Crippen LogP) is -0.240. The molecule has 0 aromatic heterocycles. The van der Waals surface area contributed by atoms with Gasteiger partial charge in [-0.3, -0.25) is 0 Å². The summed E-state index contributed by atoms with van der Waals surface area (Å²) in [4.78, 5) is 29.6. The third-order valence-corrected chi connectivity index (χ3v) is 1.59. The molecule has 0 amide bonds. The van der Waals surface area contributed by atoms with Gasteiger partial charge in [0.2, 0.25) is 0 Å².